The molecule has 33 heteroatoms. The zero-order chi connectivity index (χ0) is 64.1. The van der Waals surface area contributed by atoms with Crippen molar-refractivity contribution in [1.29, 1.82) is 0 Å². The number of fused-ring (bicyclic) bond motifs is 14. The van der Waals surface area contributed by atoms with E-state index in [1.54, 1.807) is 60.1 Å². The second-order valence-electron chi connectivity index (χ2n) is 20.9. The average Bonchev–Trinajstić information content (AvgIpc) is 1.64. The van der Waals surface area contributed by atoms with Crippen LogP contribution in [0.3, 0.4) is 0 Å². The molecular formula is C57H56N14O13S6. The Morgan fingerprint density at radius 1 is 0.711 bits per heavy atom. The minimum absolute atomic E-state index is 0.0175. The summed E-state index contributed by atoms with van der Waals surface area (Å²) in [6.45, 7) is 4.79. The molecule has 5 atom stereocenters. The number of aliphatic carboxylic acids is 2. The number of hydrogen-bond donors (Lipinski definition) is 9. The number of methoxy groups -OCH3 is 1. The molecule has 1 aromatic carbocycles. The summed E-state index contributed by atoms with van der Waals surface area (Å²) in [4.78, 5) is 155. The van der Waals surface area contributed by atoms with Crippen LogP contribution in [0, 0.1) is 18.8 Å². The molecule has 0 spiro atoms. The number of aliphatic hydroxyl groups excluding tert-OH is 1. The largest absolute Gasteiger partial charge is 0.481 e. The SMILES string of the molecule is CNC(=O)CC1NC(=O)c2csc(n2)-c2ccc(-c3nc(C(=O)N4CC(C(=O)N[C@@H](CCC(=O)O)C(=O)O)C4)cs3)nc2-c2csc(n2)-c2csc(n2)C(C(O)c2ccccc2)NC(=O)CNC(=O)c2nc(sc2COC)C(C(C)C)NC(=O)c2nc1sc2C. The van der Waals surface area contributed by atoms with Crippen LogP contribution < -0.4 is 31.9 Å². The van der Waals surface area contributed by atoms with E-state index in [0.29, 0.717) is 63.0 Å². The van der Waals surface area contributed by atoms with Crippen LogP contribution in [0.15, 0.2) is 64.0 Å². The van der Waals surface area contributed by atoms with E-state index in [-0.39, 0.29) is 71.9 Å². The molecule has 10 bridgehead atoms. The zero-order valence-corrected chi connectivity index (χ0v) is 53.2. The van der Waals surface area contributed by atoms with Gasteiger partial charge in [0.2, 0.25) is 17.7 Å². The molecule has 9 heterocycles. The van der Waals surface area contributed by atoms with Gasteiger partial charge in [-0.15, -0.1) is 68.0 Å². The van der Waals surface area contributed by atoms with E-state index >= 15 is 0 Å². The minimum atomic E-state index is -1.42. The summed E-state index contributed by atoms with van der Waals surface area (Å²) in [5, 5.41) is 55.4. The Kier molecular flexibility index (Phi) is 20.0. The Labute approximate surface area is 535 Å². The molecule has 9 N–H and O–H groups in total. The zero-order valence-electron chi connectivity index (χ0n) is 48.3. The lowest BCUT2D eigenvalue weighted by molar-refractivity contribution is -0.144. The molecular weight excluding hydrogens is 1280 g/mol. The normalized spacial score (nSPS) is 17.2. The van der Waals surface area contributed by atoms with Gasteiger partial charge in [-0.3, -0.25) is 38.4 Å². The molecule has 10 rings (SSSR count). The van der Waals surface area contributed by atoms with Crippen molar-refractivity contribution in [1.82, 2.24) is 71.7 Å². The Hall–Kier alpha value is -8.70. The minimum Gasteiger partial charge on any atom is -0.481 e. The maximum Gasteiger partial charge on any atom is 0.326 e. The van der Waals surface area contributed by atoms with Crippen molar-refractivity contribution in [3.05, 3.63) is 117 Å². The van der Waals surface area contributed by atoms with Gasteiger partial charge in [0.05, 0.1) is 48.1 Å². The smallest absolute Gasteiger partial charge is 0.326 e. The molecule has 468 valence electrons. The number of aryl methyl sites for hydroxylation is 1. The van der Waals surface area contributed by atoms with Crippen LogP contribution >= 0.6 is 68.0 Å². The highest BCUT2D eigenvalue weighted by Crippen LogP contribution is 2.40. The topological polar surface area (TPSA) is 389 Å². The number of nitrogens with one attached hydrogen (secondary N) is 6. The van der Waals surface area contributed by atoms with Crippen molar-refractivity contribution in [3.63, 3.8) is 0 Å². The lowest BCUT2D eigenvalue weighted by Crippen LogP contribution is -2.57. The van der Waals surface area contributed by atoms with Crippen molar-refractivity contribution in [3.8, 4) is 43.4 Å². The molecule has 0 saturated carbocycles. The van der Waals surface area contributed by atoms with Crippen LogP contribution in [0.5, 0.6) is 0 Å². The summed E-state index contributed by atoms with van der Waals surface area (Å²) in [5.41, 5.74) is 2.28. The highest BCUT2D eigenvalue weighted by molar-refractivity contribution is 7.15. The fourth-order valence-corrected chi connectivity index (χ4v) is 15.0. The van der Waals surface area contributed by atoms with Crippen LogP contribution in [0.2, 0.25) is 0 Å². The summed E-state index contributed by atoms with van der Waals surface area (Å²) in [7, 11) is 2.91. The van der Waals surface area contributed by atoms with Crippen LogP contribution in [0.4, 0.5) is 0 Å². The first-order valence-corrected chi connectivity index (χ1v) is 32.8. The van der Waals surface area contributed by atoms with Crippen LogP contribution in [-0.2, 0) is 35.3 Å². The number of rotatable bonds is 15. The summed E-state index contributed by atoms with van der Waals surface area (Å²) in [5.74, 6) is -7.75. The van der Waals surface area contributed by atoms with Crippen molar-refractivity contribution in [2.24, 2.45) is 11.8 Å². The van der Waals surface area contributed by atoms with Gasteiger partial charge in [0.25, 0.3) is 23.6 Å². The molecule has 0 radical (unpaired) electrons. The summed E-state index contributed by atoms with van der Waals surface area (Å²) in [6.07, 6.45) is -2.34. The number of aliphatic hydroxyl groups is 1. The van der Waals surface area contributed by atoms with Crippen LogP contribution in [0.1, 0.15) is 130 Å². The second-order valence-corrected chi connectivity index (χ2v) is 26.7. The van der Waals surface area contributed by atoms with Gasteiger partial charge in [-0.1, -0.05) is 44.2 Å². The quantitative estimate of drug-likeness (QED) is 0.0584. The third-order valence-corrected chi connectivity index (χ3v) is 20.0. The first-order chi connectivity index (χ1) is 43.2. The molecule has 1 fully saturated rings. The Balaban J connectivity index is 1.00. The van der Waals surface area contributed by atoms with Crippen LogP contribution in [0.25, 0.3) is 43.4 Å². The van der Waals surface area contributed by atoms with Crippen LogP contribution in [-0.4, -0.2) is 148 Å². The number of carbonyl (C=O) groups excluding carboxylic acids is 7. The highest BCUT2D eigenvalue weighted by atomic mass is 32.1. The molecule has 7 amide bonds. The predicted molar refractivity (Wildman–Crippen MR) is 333 cm³/mol. The molecule has 1 saturated heterocycles. The maximum absolute atomic E-state index is 14.3. The first-order valence-electron chi connectivity index (χ1n) is 27.6. The lowest BCUT2D eigenvalue weighted by Gasteiger charge is -2.38. The third kappa shape index (κ3) is 14.5. The molecule has 90 heavy (non-hydrogen) atoms. The van der Waals surface area contributed by atoms with E-state index in [4.69, 9.17) is 29.8 Å². The van der Waals surface area contributed by atoms with E-state index in [9.17, 15) is 53.4 Å². The summed E-state index contributed by atoms with van der Waals surface area (Å²) in [6, 6.07) is 7.74. The monoisotopic (exact) mass is 1340 g/mol. The van der Waals surface area contributed by atoms with Gasteiger partial charge in [0.1, 0.15) is 88.1 Å². The predicted octanol–water partition coefficient (Wildman–Crippen LogP) is 5.82. The molecule has 2 aliphatic rings. The number of nitrogens with zero attached hydrogens (tertiary/aromatic N) is 8. The van der Waals surface area contributed by atoms with Gasteiger partial charge in [-0.25, -0.2) is 39.7 Å². The number of carboxylic acid groups (broad SMARTS) is 2. The van der Waals surface area contributed by atoms with Gasteiger partial charge in [-0.2, -0.15) is 0 Å². The first kappa shape index (κ1) is 64.3. The van der Waals surface area contributed by atoms with Gasteiger partial charge >= 0.3 is 11.9 Å². The van der Waals surface area contributed by atoms with E-state index < -0.39 is 102 Å². The average molecular weight is 1340 g/mol. The number of ether oxygens (including phenoxy) is 1. The maximum atomic E-state index is 14.3. The number of carbonyl (C=O) groups is 9. The van der Waals surface area contributed by atoms with Gasteiger partial charge < -0.3 is 56.9 Å². The number of carboxylic acids is 2. The van der Waals surface area contributed by atoms with E-state index in [1.807, 2.05) is 13.8 Å². The number of amides is 7. The molecule has 27 nitrogen and oxygen atoms in total. The number of likely N-dealkylation sites (tertiary alicyclic amines) is 1. The number of hydrogen-bond acceptors (Lipinski definition) is 24. The fraction of sp³-hybridized carbons (Fsp3) is 0.333. The third-order valence-electron chi connectivity index (χ3n) is 14.3. The molecule has 2 aliphatic heterocycles. The van der Waals surface area contributed by atoms with Crippen molar-refractivity contribution in [2.45, 2.75) is 76.9 Å². The van der Waals surface area contributed by atoms with E-state index in [1.165, 1.54) is 41.2 Å². The van der Waals surface area contributed by atoms with E-state index in [0.717, 1.165) is 56.7 Å². The van der Waals surface area contributed by atoms with Gasteiger partial charge in [0, 0.05) is 65.6 Å². The van der Waals surface area contributed by atoms with Crippen molar-refractivity contribution in [2.75, 3.05) is 33.8 Å². The molecule has 8 aromatic rings. The number of benzene rings is 1. The Bertz CT molecular complexity index is 4060. The van der Waals surface area contributed by atoms with Gasteiger partial charge in [0.15, 0.2) is 0 Å². The highest BCUT2D eigenvalue weighted by Gasteiger charge is 2.39. The Morgan fingerprint density at radius 2 is 1.41 bits per heavy atom. The fourth-order valence-electron chi connectivity index (χ4n) is 9.47. The number of pyridine rings is 1. The second kappa shape index (κ2) is 28.0. The number of thiazole rings is 6. The van der Waals surface area contributed by atoms with E-state index in [2.05, 4.69) is 46.9 Å². The molecule has 4 unspecified atom stereocenters. The molecule has 7 aromatic heterocycles. The van der Waals surface area contributed by atoms with Gasteiger partial charge in [-0.05, 0) is 37.0 Å². The van der Waals surface area contributed by atoms with Crippen molar-refractivity contribution >= 4 is 121 Å². The van der Waals surface area contributed by atoms with Crippen molar-refractivity contribution < 1.29 is 63.2 Å². The Morgan fingerprint density at radius 3 is 2.13 bits per heavy atom. The standard InChI is InChI=1S/C57H56N14O13S6/c1-24(2)40-55-70-43(36(90-55)19-84-5)48(79)59-16-38(73)67-44(45(76)26-9-7-6-8-10-26)54-65-34(22-88-54)52-63-32(20-86-52)42-28(50-64-33(21-85-50)47(78)62-31(15-37(72)58-4)53-69-41(25(3)89-53)49(80)68-40)11-12-29(60-42)51-66-35(23-87-51)56(81)71-17-27(18-71)46(77)61-30(57(82)83)13-14-39(74)75/h6-12,20-24,27,30-31,40,44-45,76H,13-19H2,1-5H3,(H,58,72)(H,59,79)(H,61,77)(H,62,78)(H,67,73)(H,68,80)(H,74,75)(H,82,83)/t30-,31?,40?,44?,45?/m0/s1. The summed E-state index contributed by atoms with van der Waals surface area (Å²) < 4.78 is 5.44. The summed E-state index contributed by atoms with van der Waals surface area (Å²) >= 11 is 6.89. The number of aromatic nitrogens is 7. The lowest BCUT2D eigenvalue weighted by atomic mass is 9.98. The molecule has 0 aliphatic carbocycles.